The minimum absolute atomic E-state index is 0.0387. The molecule has 0 radical (unpaired) electrons. The summed E-state index contributed by atoms with van der Waals surface area (Å²) < 4.78 is 33.4. The molecule has 5 nitrogen and oxygen atoms in total. The van der Waals surface area contributed by atoms with Crippen LogP contribution in [0.15, 0.2) is 17.0 Å². The summed E-state index contributed by atoms with van der Waals surface area (Å²) in [7, 11) is -3.75. The lowest BCUT2D eigenvalue weighted by molar-refractivity contribution is 0.0848. The lowest BCUT2D eigenvalue weighted by atomic mass is 10.1. The smallest absolute Gasteiger partial charge is 0.242 e. The molecular formula is C13H16Cl2N2O3S. The van der Waals surface area contributed by atoms with Gasteiger partial charge >= 0.3 is 0 Å². The summed E-state index contributed by atoms with van der Waals surface area (Å²) in [6, 6.07) is 2.59. The Balaban J connectivity index is 1.85. The first-order valence-corrected chi connectivity index (χ1v) is 9.01. The Morgan fingerprint density at radius 1 is 1.24 bits per heavy atom. The normalized spacial score (nSPS) is 26.2. The molecule has 0 bridgehead atoms. The molecule has 0 spiro atoms. The molecule has 0 aromatic heterocycles. The number of sulfonamides is 1. The predicted octanol–water partition coefficient (Wildman–Crippen LogP) is 2.42. The van der Waals surface area contributed by atoms with E-state index in [-0.39, 0.29) is 32.8 Å². The molecule has 1 heterocycles. The van der Waals surface area contributed by atoms with E-state index in [1.165, 1.54) is 12.1 Å². The Morgan fingerprint density at radius 3 is 2.62 bits per heavy atom. The zero-order valence-electron chi connectivity index (χ0n) is 11.2. The van der Waals surface area contributed by atoms with E-state index in [0.29, 0.717) is 18.9 Å². The zero-order chi connectivity index (χ0) is 15.2. The summed E-state index contributed by atoms with van der Waals surface area (Å²) in [6.07, 6.45) is 2.82. The summed E-state index contributed by atoms with van der Waals surface area (Å²) in [5, 5.41) is 0.191. The number of rotatable bonds is 4. The highest BCUT2D eigenvalue weighted by molar-refractivity contribution is 7.89. The zero-order valence-corrected chi connectivity index (χ0v) is 13.5. The summed E-state index contributed by atoms with van der Waals surface area (Å²) in [5.74, 6) is 0.464. The maximum absolute atomic E-state index is 12.5. The average Bonchev–Trinajstić information content (AvgIpc) is 3.16. The number of nitrogens with one attached hydrogen (secondary N) is 1. The fraction of sp³-hybridized carbons (Fsp3) is 0.538. The van der Waals surface area contributed by atoms with Crippen molar-refractivity contribution in [1.82, 2.24) is 4.72 Å². The first-order valence-electron chi connectivity index (χ1n) is 6.77. The van der Waals surface area contributed by atoms with Crippen molar-refractivity contribution in [2.75, 3.05) is 12.3 Å². The van der Waals surface area contributed by atoms with E-state index >= 15 is 0 Å². The van der Waals surface area contributed by atoms with Crippen molar-refractivity contribution in [1.29, 1.82) is 0 Å². The molecule has 1 aliphatic carbocycles. The van der Waals surface area contributed by atoms with Crippen molar-refractivity contribution < 1.29 is 13.2 Å². The van der Waals surface area contributed by atoms with Gasteiger partial charge < -0.3 is 10.5 Å². The maximum atomic E-state index is 12.5. The van der Waals surface area contributed by atoms with Crippen LogP contribution in [0.4, 0.5) is 5.69 Å². The second-order valence-electron chi connectivity index (χ2n) is 5.46. The molecule has 2 unspecified atom stereocenters. The number of nitrogen functional groups attached to an aromatic ring is 1. The molecule has 3 rings (SSSR count). The Morgan fingerprint density at radius 2 is 1.95 bits per heavy atom. The number of halogens is 2. The van der Waals surface area contributed by atoms with Gasteiger partial charge in [-0.1, -0.05) is 23.2 Å². The molecule has 116 valence electrons. The second-order valence-corrected chi connectivity index (χ2v) is 7.93. The summed E-state index contributed by atoms with van der Waals surface area (Å²) in [6.45, 7) is 0.574. The van der Waals surface area contributed by atoms with Crippen LogP contribution in [0.2, 0.25) is 10.0 Å². The number of ether oxygens (including phenoxy) is 1. The molecule has 3 N–H and O–H groups in total. The molecule has 2 fully saturated rings. The van der Waals surface area contributed by atoms with Crippen molar-refractivity contribution in [3.8, 4) is 0 Å². The highest BCUT2D eigenvalue weighted by Gasteiger charge is 2.42. The van der Waals surface area contributed by atoms with E-state index < -0.39 is 10.0 Å². The minimum Gasteiger partial charge on any atom is -0.396 e. The van der Waals surface area contributed by atoms with Crippen LogP contribution in [-0.4, -0.2) is 27.2 Å². The van der Waals surface area contributed by atoms with Crippen LogP contribution in [0.25, 0.3) is 0 Å². The highest BCUT2D eigenvalue weighted by atomic mass is 35.5. The van der Waals surface area contributed by atoms with Gasteiger partial charge in [-0.2, -0.15) is 0 Å². The predicted molar refractivity (Wildman–Crippen MR) is 82.1 cm³/mol. The summed E-state index contributed by atoms with van der Waals surface area (Å²) in [4.78, 5) is -0.0486. The number of nitrogens with two attached hydrogens (primary N) is 1. The van der Waals surface area contributed by atoms with Crippen LogP contribution in [0.5, 0.6) is 0 Å². The third kappa shape index (κ3) is 3.00. The van der Waals surface area contributed by atoms with Gasteiger partial charge in [-0.05, 0) is 37.3 Å². The van der Waals surface area contributed by atoms with E-state index in [9.17, 15) is 8.42 Å². The van der Waals surface area contributed by atoms with Crippen LogP contribution in [0, 0.1) is 5.92 Å². The van der Waals surface area contributed by atoms with Crippen molar-refractivity contribution in [3.05, 3.63) is 22.2 Å². The van der Waals surface area contributed by atoms with Crippen LogP contribution >= 0.6 is 23.2 Å². The molecule has 1 aromatic carbocycles. The molecule has 0 amide bonds. The Bertz CT molecular complexity index is 662. The van der Waals surface area contributed by atoms with Crippen LogP contribution < -0.4 is 10.5 Å². The summed E-state index contributed by atoms with van der Waals surface area (Å²) in [5.41, 5.74) is 5.76. The standard InChI is InChI=1S/C13H16Cl2N2O3S/c14-8-3-4-10(11(15)12(8)16)21(18,19)17-9-5-6-20-13(9)7-1-2-7/h3-4,7,9,13,17H,1-2,5-6,16H2. The molecular weight excluding hydrogens is 335 g/mol. The molecule has 1 saturated carbocycles. The average molecular weight is 351 g/mol. The maximum Gasteiger partial charge on any atom is 0.242 e. The molecule has 21 heavy (non-hydrogen) atoms. The van der Waals surface area contributed by atoms with Crippen LogP contribution in [-0.2, 0) is 14.8 Å². The number of anilines is 1. The Kier molecular flexibility index (Phi) is 4.09. The van der Waals surface area contributed by atoms with Crippen molar-refractivity contribution >= 4 is 38.9 Å². The first-order chi connectivity index (χ1) is 9.90. The van der Waals surface area contributed by atoms with Gasteiger partial charge in [-0.3, -0.25) is 0 Å². The third-order valence-corrected chi connectivity index (χ3v) is 6.29. The molecule has 1 aromatic rings. The first kappa shape index (κ1) is 15.4. The second kappa shape index (κ2) is 5.59. The van der Waals surface area contributed by atoms with Crippen LogP contribution in [0.3, 0.4) is 0 Å². The van der Waals surface area contributed by atoms with Gasteiger partial charge in [0.25, 0.3) is 0 Å². The molecule has 2 aliphatic rings. The van der Waals surface area contributed by atoms with Gasteiger partial charge in [0.05, 0.1) is 27.9 Å². The number of hydrogen-bond acceptors (Lipinski definition) is 4. The Labute approximate surface area is 133 Å². The lowest BCUT2D eigenvalue weighted by Gasteiger charge is -2.20. The fourth-order valence-corrected chi connectivity index (χ4v) is 4.69. The molecule has 8 heteroatoms. The lowest BCUT2D eigenvalue weighted by Crippen LogP contribution is -2.41. The highest BCUT2D eigenvalue weighted by Crippen LogP contribution is 2.39. The molecule has 1 saturated heterocycles. The van der Waals surface area contributed by atoms with E-state index in [0.717, 1.165) is 12.8 Å². The topological polar surface area (TPSA) is 81.4 Å². The van der Waals surface area contributed by atoms with Gasteiger partial charge in [0, 0.05) is 6.61 Å². The van der Waals surface area contributed by atoms with Crippen molar-refractivity contribution in [3.63, 3.8) is 0 Å². The van der Waals surface area contributed by atoms with E-state index in [2.05, 4.69) is 4.72 Å². The van der Waals surface area contributed by atoms with E-state index in [1.807, 2.05) is 0 Å². The van der Waals surface area contributed by atoms with Crippen molar-refractivity contribution in [2.24, 2.45) is 5.92 Å². The largest absolute Gasteiger partial charge is 0.396 e. The number of hydrogen-bond donors (Lipinski definition) is 2. The molecule has 2 atom stereocenters. The number of benzene rings is 1. The SMILES string of the molecule is Nc1c(Cl)ccc(S(=O)(=O)NC2CCOC2C2CC2)c1Cl. The van der Waals surface area contributed by atoms with Crippen molar-refractivity contribution in [2.45, 2.75) is 36.3 Å². The minimum atomic E-state index is -3.75. The summed E-state index contributed by atoms with van der Waals surface area (Å²) >= 11 is 11.9. The van der Waals surface area contributed by atoms with Gasteiger partial charge in [-0.25, -0.2) is 13.1 Å². The van der Waals surface area contributed by atoms with Gasteiger partial charge in [0.1, 0.15) is 4.90 Å². The van der Waals surface area contributed by atoms with Gasteiger partial charge in [0.2, 0.25) is 10.0 Å². The fourth-order valence-electron chi connectivity index (χ4n) is 2.65. The van der Waals surface area contributed by atoms with Gasteiger partial charge in [-0.15, -0.1) is 0 Å². The molecule has 1 aliphatic heterocycles. The monoisotopic (exact) mass is 350 g/mol. The van der Waals surface area contributed by atoms with Crippen LogP contribution in [0.1, 0.15) is 19.3 Å². The van der Waals surface area contributed by atoms with Gasteiger partial charge in [0.15, 0.2) is 0 Å². The van der Waals surface area contributed by atoms with E-state index in [4.69, 9.17) is 33.7 Å². The quantitative estimate of drug-likeness (QED) is 0.817. The third-order valence-electron chi connectivity index (χ3n) is 3.91. The van der Waals surface area contributed by atoms with E-state index in [1.54, 1.807) is 0 Å². The Hall–Kier alpha value is -0.530.